The highest BCUT2D eigenvalue weighted by atomic mass is 16.5. The first kappa shape index (κ1) is 18.4. The molecule has 1 aromatic rings. The molecule has 3 heterocycles. The Labute approximate surface area is 149 Å². The van der Waals surface area contributed by atoms with Gasteiger partial charge < -0.3 is 25.0 Å². The van der Waals surface area contributed by atoms with E-state index < -0.39 is 11.6 Å². The number of rotatable bonds is 5. The van der Waals surface area contributed by atoms with E-state index in [0.717, 1.165) is 44.7 Å². The van der Waals surface area contributed by atoms with Gasteiger partial charge in [-0.15, -0.1) is 0 Å². The molecule has 0 bridgehead atoms. The van der Waals surface area contributed by atoms with Crippen molar-refractivity contribution in [3.8, 4) is 0 Å². The molecule has 0 radical (unpaired) electrons. The zero-order valence-corrected chi connectivity index (χ0v) is 15.3. The lowest BCUT2D eigenvalue weighted by molar-refractivity contribution is -0.181. The van der Waals surface area contributed by atoms with Gasteiger partial charge in [-0.25, -0.2) is 4.98 Å². The molecule has 1 spiro atoms. The SMILES string of the molecule is CCC(=O)N[C@]1(C)CC2(CCN(CCc3ncc[nH]3)CC2)OC[C@H]1O. The van der Waals surface area contributed by atoms with Crippen LogP contribution in [-0.2, 0) is 16.0 Å². The van der Waals surface area contributed by atoms with Gasteiger partial charge in [0.2, 0.25) is 5.91 Å². The summed E-state index contributed by atoms with van der Waals surface area (Å²) in [5, 5.41) is 13.4. The van der Waals surface area contributed by atoms with E-state index in [9.17, 15) is 9.90 Å². The molecule has 3 rings (SSSR count). The van der Waals surface area contributed by atoms with E-state index in [-0.39, 0.29) is 18.1 Å². The summed E-state index contributed by atoms with van der Waals surface area (Å²) >= 11 is 0. The molecular weight excluding hydrogens is 320 g/mol. The minimum absolute atomic E-state index is 0.0190. The number of H-pyrrole nitrogens is 1. The van der Waals surface area contributed by atoms with Gasteiger partial charge in [-0.05, 0) is 19.8 Å². The number of carbonyl (C=O) groups excluding carboxylic acids is 1. The van der Waals surface area contributed by atoms with Gasteiger partial charge in [-0.1, -0.05) is 6.92 Å². The van der Waals surface area contributed by atoms with E-state index in [4.69, 9.17) is 4.74 Å². The Morgan fingerprint density at radius 3 is 2.92 bits per heavy atom. The van der Waals surface area contributed by atoms with Crippen molar-refractivity contribution in [1.82, 2.24) is 20.2 Å². The Hall–Kier alpha value is -1.44. The topological polar surface area (TPSA) is 90.5 Å². The zero-order chi connectivity index (χ0) is 17.9. The molecular formula is C18H30N4O3. The number of aromatic nitrogens is 2. The number of nitrogens with zero attached hydrogens (tertiary/aromatic N) is 2. The third kappa shape index (κ3) is 4.22. The molecule has 2 atom stereocenters. The molecule has 0 aliphatic carbocycles. The van der Waals surface area contributed by atoms with Crippen LogP contribution in [0.5, 0.6) is 0 Å². The second-order valence-corrected chi connectivity index (χ2v) is 7.63. The highest BCUT2D eigenvalue weighted by molar-refractivity contribution is 5.76. The molecule has 1 aromatic heterocycles. The maximum atomic E-state index is 11.9. The summed E-state index contributed by atoms with van der Waals surface area (Å²) in [5.41, 5.74) is -0.849. The number of ether oxygens (including phenoxy) is 1. The van der Waals surface area contributed by atoms with Crippen LogP contribution in [0.1, 0.15) is 45.4 Å². The van der Waals surface area contributed by atoms with Crippen LogP contribution >= 0.6 is 0 Å². The van der Waals surface area contributed by atoms with E-state index in [1.807, 2.05) is 20.0 Å². The van der Waals surface area contributed by atoms with E-state index in [2.05, 4.69) is 20.2 Å². The number of piperidine rings is 1. The van der Waals surface area contributed by atoms with Crippen molar-refractivity contribution in [2.24, 2.45) is 0 Å². The number of hydrogen-bond acceptors (Lipinski definition) is 5. The number of carbonyl (C=O) groups is 1. The van der Waals surface area contributed by atoms with Crippen molar-refractivity contribution in [3.05, 3.63) is 18.2 Å². The fraction of sp³-hybridized carbons (Fsp3) is 0.778. The van der Waals surface area contributed by atoms with Gasteiger partial charge in [-0.3, -0.25) is 4.79 Å². The molecule has 7 nitrogen and oxygen atoms in total. The zero-order valence-electron chi connectivity index (χ0n) is 15.3. The van der Waals surface area contributed by atoms with Gasteiger partial charge in [0.1, 0.15) is 11.9 Å². The van der Waals surface area contributed by atoms with Crippen LogP contribution in [0.2, 0.25) is 0 Å². The maximum Gasteiger partial charge on any atom is 0.220 e. The van der Waals surface area contributed by atoms with Gasteiger partial charge in [0.05, 0.1) is 17.7 Å². The van der Waals surface area contributed by atoms with Gasteiger partial charge in [0.25, 0.3) is 0 Å². The van der Waals surface area contributed by atoms with Gasteiger partial charge >= 0.3 is 0 Å². The minimum Gasteiger partial charge on any atom is -0.388 e. The molecule has 2 fully saturated rings. The summed E-state index contributed by atoms with van der Waals surface area (Å²) in [5.74, 6) is 1.00. The molecule has 2 aliphatic rings. The first-order valence-electron chi connectivity index (χ1n) is 9.28. The molecule has 0 unspecified atom stereocenters. The molecule has 25 heavy (non-hydrogen) atoms. The Morgan fingerprint density at radius 1 is 1.52 bits per heavy atom. The summed E-state index contributed by atoms with van der Waals surface area (Å²) in [4.78, 5) is 21.7. The summed E-state index contributed by atoms with van der Waals surface area (Å²) in [6.07, 6.45) is 6.84. The quantitative estimate of drug-likeness (QED) is 0.732. The third-order valence-corrected chi connectivity index (χ3v) is 5.71. The van der Waals surface area contributed by atoms with Crippen molar-refractivity contribution in [1.29, 1.82) is 0 Å². The lowest BCUT2D eigenvalue weighted by Crippen LogP contribution is -2.65. The van der Waals surface area contributed by atoms with Crippen molar-refractivity contribution in [2.75, 3.05) is 26.2 Å². The molecule has 1 amide bonds. The second-order valence-electron chi connectivity index (χ2n) is 7.63. The Kier molecular flexibility index (Phi) is 5.46. The highest BCUT2D eigenvalue weighted by Crippen LogP contribution is 2.39. The molecule has 2 aliphatic heterocycles. The lowest BCUT2D eigenvalue weighted by atomic mass is 9.74. The molecule has 0 saturated carbocycles. The van der Waals surface area contributed by atoms with E-state index in [1.165, 1.54) is 0 Å². The maximum absolute atomic E-state index is 11.9. The van der Waals surface area contributed by atoms with Crippen molar-refractivity contribution in [2.45, 2.75) is 63.2 Å². The summed E-state index contributed by atoms with van der Waals surface area (Å²) in [7, 11) is 0. The van der Waals surface area contributed by atoms with E-state index in [0.29, 0.717) is 12.8 Å². The summed E-state index contributed by atoms with van der Waals surface area (Å²) in [6, 6.07) is 0. The number of aliphatic hydroxyl groups is 1. The largest absolute Gasteiger partial charge is 0.388 e. The molecule has 7 heteroatoms. The standard InChI is InChI=1S/C18H30N4O3/c1-3-16(24)21-17(2)13-18(25-12-14(17)23)5-10-22(11-6-18)9-4-15-19-7-8-20-15/h7-8,14,23H,3-6,9-13H2,1-2H3,(H,19,20)(H,21,24)/t14-,17-/m1/s1. The Balaban J connectivity index is 1.55. The summed E-state index contributed by atoms with van der Waals surface area (Å²) < 4.78 is 6.08. The predicted molar refractivity (Wildman–Crippen MR) is 94.1 cm³/mol. The van der Waals surface area contributed by atoms with Crippen LogP contribution in [0.15, 0.2) is 12.4 Å². The average molecular weight is 350 g/mol. The number of amides is 1. The Morgan fingerprint density at radius 2 is 2.28 bits per heavy atom. The normalized spacial score (nSPS) is 29.6. The van der Waals surface area contributed by atoms with E-state index in [1.54, 1.807) is 6.20 Å². The number of likely N-dealkylation sites (tertiary alicyclic amines) is 1. The van der Waals surface area contributed by atoms with Crippen LogP contribution < -0.4 is 5.32 Å². The van der Waals surface area contributed by atoms with Crippen LogP contribution in [-0.4, -0.2) is 69.4 Å². The van der Waals surface area contributed by atoms with Crippen molar-refractivity contribution >= 4 is 5.91 Å². The summed E-state index contributed by atoms with van der Waals surface area (Å²) in [6.45, 7) is 6.97. The fourth-order valence-corrected chi connectivity index (χ4v) is 4.02. The lowest BCUT2D eigenvalue weighted by Gasteiger charge is -2.52. The van der Waals surface area contributed by atoms with Crippen molar-refractivity contribution in [3.63, 3.8) is 0 Å². The smallest absolute Gasteiger partial charge is 0.220 e. The van der Waals surface area contributed by atoms with Gasteiger partial charge in [0, 0.05) is 51.3 Å². The van der Waals surface area contributed by atoms with Crippen molar-refractivity contribution < 1.29 is 14.6 Å². The van der Waals surface area contributed by atoms with Crippen LogP contribution in [0.3, 0.4) is 0 Å². The first-order valence-corrected chi connectivity index (χ1v) is 9.28. The second kappa shape index (κ2) is 7.43. The van der Waals surface area contributed by atoms with Gasteiger partial charge in [-0.2, -0.15) is 0 Å². The number of nitrogens with one attached hydrogen (secondary N) is 2. The molecule has 0 aromatic carbocycles. The number of imidazole rings is 1. The number of aliphatic hydroxyl groups excluding tert-OH is 1. The third-order valence-electron chi connectivity index (χ3n) is 5.71. The first-order chi connectivity index (χ1) is 11.9. The van der Waals surface area contributed by atoms with Gasteiger partial charge in [0.15, 0.2) is 0 Å². The Bertz CT molecular complexity index is 569. The average Bonchev–Trinajstić information content (AvgIpc) is 3.11. The van der Waals surface area contributed by atoms with E-state index >= 15 is 0 Å². The monoisotopic (exact) mass is 350 g/mol. The van der Waals surface area contributed by atoms with Crippen LogP contribution in [0, 0.1) is 0 Å². The molecule has 140 valence electrons. The minimum atomic E-state index is -0.661. The molecule has 3 N–H and O–H groups in total. The number of hydrogen-bond donors (Lipinski definition) is 3. The predicted octanol–water partition coefficient (Wildman–Crippen LogP) is 0.853. The highest BCUT2D eigenvalue weighted by Gasteiger charge is 2.49. The van der Waals surface area contributed by atoms with Crippen LogP contribution in [0.4, 0.5) is 0 Å². The number of aromatic amines is 1. The fourth-order valence-electron chi connectivity index (χ4n) is 4.02. The molecule has 2 saturated heterocycles. The van der Waals surface area contributed by atoms with Crippen LogP contribution in [0.25, 0.3) is 0 Å².